The van der Waals surface area contributed by atoms with E-state index >= 15 is 0 Å². The number of hydrogen-bond acceptors (Lipinski definition) is 6. The predicted octanol–water partition coefficient (Wildman–Crippen LogP) is 3.00. The van der Waals surface area contributed by atoms with E-state index in [4.69, 9.17) is 10.5 Å². The Bertz CT molecular complexity index is 942. The van der Waals surface area contributed by atoms with Crippen molar-refractivity contribution in [3.8, 4) is 5.75 Å². The molecule has 128 valence electrons. The van der Waals surface area contributed by atoms with E-state index in [-0.39, 0.29) is 5.50 Å². The third-order valence-corrected chi connectivity index (χ3v) is 6.29. The fourth-order valence-electron chi connectivity index (χ4n) is 3.89. The first-order chi connectivity index (χ1) is 12.3. The molecule has 1 fully saturated rings. The zero-order valence-corrected chi connectivity index (χ0v) is 14.7. The van der Waals surface area contributed by atoms with Crippen LogP contribution < -0.4 is 15.4 Å². The summed E-state index contributed by atoms with van der Waals surface area (Å²) >= 11 is 1.73. The third kappa shape index (κ3) is 2.15. The number of pyridine rings is 1. The molecule has 1 aromatic carbocycles. The molecule has 6 nitrogen and oxygen atoms in total. The summed E-state index contributed by atoms with van der Waals surface area (Å²) in [5, 5.41) is 0. The summed E-state index contributed by atoms with van der Waals surface area (Å²) in [6, 6.07) is 11.0. The van der Waals surface area contributed by atoms with E-state index in [0.29, 0.717) is 12.1 Å². The van der Waals surface area contributed by atoms with Gasteiger partial charge >= 0.3 is 0 Å². The van der Waals surface area contributed by atoms with Crippen LogP contribution in [0.25, 0.3) is 11.2 Å². The molecule has 2 aliphatic rings. The second-order valence-corrected chi connectivity index (χ2v) is 7.59. The van der Waals surface area contributed by atoms with Crippen LogP contribution in [0.5, 0.6) is 5.75 Å². The molecule has 3 aromatic rings. The zero-order chi connectivity index (χ0) is 17.0. The van der Waals surface area contributed by atoms with Crippen LogP contribution in [-0.4, -0.2) is 33.2 Å². The average molecular weight is 353 g/mol. The van der Waals surface area contributed by atoms with Gasteiger partial charge in [0, 0.05) is 17.2 Å². The molecule has 1 aliphatic carbocycles. The Morgan fingerprint density at radius 1 is 1.16 bits per heavy atom. The molecular formula is C18H19N5OS. The Labute approximate surface area is 150 Å². The lowest BCUT2D eigenvalue weighted by Crippen LogP contribution is -2.52. The van der Waals surface area contributed by atoms with Gasteiger partial charge in [0.25, 0.3) is 0 Å². The van der Waals surface area contributed by atoms with Gasteiger partial charge in [-0.3, -0.25) is 0 Å². The summed E-state index contributed by atoms with van der Waals surface area (Å²) in [5.41, 5.74) is 9.34. The normalized spacial score (nSPS) is 25.0. The summed E-state index contributed by atoms with van der Waals surface area (Å²) in [6.07, 6.45) is 5.89. The van der Waals surface area contributed by atoms with E-state index in [0.717, 1.165) is 29.8 Å². The van der Waals surface area contributed by atoms with Crippen LogP contribution in [0.3, 0.4) is 0 Å². The maximum Gasteiger partial charge on any atom is 0.163 e. The van der Waals surface area contributed by atoms with Crippen LogP contribution in [0.2, 0.25) is 0 Å². The molecule has 3 heterocycles. The van der Waals surface area contributed by atoms with Gasteiger partial charge in [0.05, 0.1) is 31.2 Å². The highest BCUT2D eigenvalue weighted by Gasteiger charge is 2.43. The van der Waals surface area contributed by atoms with Gasteiger partial charge in [-0.2, -0.15) is 0 Å². The molecule has 5 rings (SSSR count). The standard InChI is InChI=1S/C18H19N5OS/c1-24-14-8-9-20-17-16(14)21-10-22(17)11-6-7-12(11)23-13-4-2-3-5-15(13)25-18(23)19/h2-5,8-12,18H,6-7,19H2,1H3. The van der Waals surface area contributed by atoms with E-state index in [2.05, 4.69) is 43.7 Å². The quantitative estimate of drug-likeness (QED) is 0.781. The number of hydrogen-bond donors (Lipinski definition) is 1. The minimum absolute atomic E-state index is 0.0394. The molecule has 3 atom stereocenters. The molecule has 0 bridgehead atoms. The summed E-state index contributed by atoms with van der Waals surface area (Å²) in [7, 11) is 1.66. The lowest BCUT2D eigenvalue weighted by atomic mass is 9.84. The first-order valence-electron chi connectivity index (χ1n) is 8.43. The monoisotopic (exact) mass is 353 g/mol. The number of methoxy groups -OCH3 is 1. The SMILES string of the molecule is COc1ccnc2c1ncn2C1CCC1N1c2ccccc2SC1N. The Hall–Kier alpha value is -2.25. The van der Waals surface area contributed by atoms with Crippen LogP contribution >= 0.6 is 11.8 Å². The van der Waals surface area contributed by atoms with Crippen molar-refractivity contribution >= 4 is 28.6 Å². The molecule has 0 spiro atoms. The van der Waals surface area contributed by atoms with Crippen LogP contribution in [0, 0.1) is 0 Å². The summed E-state index contributed by atoms with van der Waals surface area (Å²) in [6.45, 7) is 0. The molecule has 0 amide bonds. The highest BCUT2D eigenvalue weighted by atomic mass is 32.2. The van der Waals surface area contributed by atoms with Gasteiger partial charge < -0.3 is 19.9 Å². The van der Waals surface area contributed by atoms with Crippen molar-refractivity contribution in [2.75, 3.05) is 12.0 Å². The molecule has 1 aliphatic heterocycles. The van der Waals surface area contributed by atoms with Crippen molar-refractivity contribution in [3.05, 3.63) is 42.9 Å². The highest BCUT2D eigenvalue weighted by Crippen LogP contribution is 2.49. The lowest BCUT2D eigenvalue weighted by molar-refractivity contribution is 0.246. The van der Waals surface area contributed by atoms with Gasteiger partial charge in [0.2, 0.25) is 0 Å². The van der Waals surface area contributed by atoms with Gasteiger partial charge in [-0.05, 0) is 25.0 Å². The number of nitrogens with two attached hydrogens (primary N) is 1. The summed E-state index contributed by atoms with van der Waals surface area (Å²) < 4.78 is 7.60. The van der Waals surface area contributed by atoms with Gasteiger partial charge in [-0.1, -0.05) is 23.9 Å². The Morgan fingerprint density at radius 2 is 2.00 bits per heavy atom. The van der Waals surface area contributed by atoms with Crippen molar-refractivity contribution < 1.29 is 4.74 Å². The molecule has 25 heavy (non-hydrogen) atoms. The minimum atomic E-state index is -0.0394. The lowest BCUT2D eigenvalue weighted by Gasteiger charge is -2.45. The largest absolute Gasteiger partial charge is 0.494 e. The van der Waals surface area contributed by atoms with Crippen LogP contribution in [0.4, 0.5) is 5.69 Å². The van der Waals surface area contributed by atoms with Crippen LogP contribution in [0.15, 0.2) is 47.8 Å². The summed E-state index contributed by atoms with van der Waals surface area (Å²) in [5.74, 6) is 0.762. The topological polar surface area (TPSA) is 69.2 Å². The zero-order valence-electron chi connectivity index (χ0n) is 13.9. The van der Waals surface area contributed by atoms with Crippen LogP contribution in [0.1, 0.15) is 18.9 Å². The Kier molecular flexibility index (Phi) is 3.39. The predicted molar refractivity (Wildman–Crippen MR) is 98.9 cm³/mol. The molecule has 1 saturated carbocycles. The van der Waals surface area contributed by atoms with Gasteiger partial charge in [0.15, 0.2) is 5.65 Å². The summed E-state index contributed by atoms with van der Waals surface area (Å²) in [4.78, 5) is 12.7. The third-order valence-electron chi connectivity index (χ3n) is 5.23. The number of imidazole rings is 1. The first kappa shape index (κ1) is 15.0. The van der Waals surface area contributed by atoms with Crippen LogP contribution in [-0.2, 0) is 0 Å². The van der Waals surface area contributed by atoms with E-state index in [1.54, 1.807) is 25.1 Å². The fourth-order valence-corrected chi connectivity index (χ4v) is 4.99. The molecule has 0 radical (unpaired) electrons. The number of ether oxygens (including phenoxy) is 1. The van der Waals surface area contributed by atoms with Gasteiger partial charge in [-0.15, -0.1) is 0 Å². The van der Waals surface area contributed by atoms with Crippen molar-refractivity contribution in [1.82, 2.24) is 14.5 Å². The molecule has 0 saturated heterocycles. The first-order valence-corrected chi connectivity index (χ1v) is 9.31. The molecule has 7 heteroatoms. The van der Waals surface area contributed by atoms with E-state index in [9.17, 15) is 0 Å². The number of fused-ring (bicyclic) bond motifs is 2. The highest BCUT2D eigenvalue weighted by molar-refractivity contribution is 8.00. The van der Waals surface area contributed by atoms with Crippen molar-refractivity contribution in [1.29, 1.82) is 0 Å². The molecular weight excluding hydrogens is 334 g/mol. The second-order valence-electron chi connectivity index (χ2n) is 6.43. The van der Waals surface area contributed by atoms with Gasteiger partial charge in [0.1, 0.15) is 16.8 Å². The number of anilines is 1. The Balaban J connectivity index is 1.53. The number of aromatic nitrogens is 3. The average Bonchev–Trinajstić information content (AvgIpc) is 3.16. The number of thioether (sulfide) groups is 1. The second kappa shape index (κ2) is 5.64. The fraction of sp³-hybridized carbons (Fsp3) is 0.333. The van der Waals surface area contributed by atoms with Crippen molar-refractivity contribution in [2.45, 2.75) is 35.3 Å². The number of rotatable bonds is 3. The Morgan fingerprint density at radius 3 is 2.80 bits per heavy atom. The van der Waals surface area contributed by atoms with Crippen molar-refractivity contribution in [2.24, 2.45) is 5.73 Å². The van der Waals surface area contributed by atoms with Crippen molar-refractivity contribution in [3.63, 3.8) is 0 Å². The van der Waals surface area contributed by atoms with E-state index < -0.39 is 0 Å². The number of benzene rings is 1. The van der Waals surface area contributed by atoms with E-state index in [1.165, 1.54) is 10.6 Å². The number of para-hydroxylation sites is 1. The maximum absolute atomic E-state index is 6.44. The maximum atomic E-state index is 6.44. The number of nitrogens with zero attached hydrogens (tertiary/aromatic N) is 4. The molecule has 2 N–H and O–H groups in total. The molecule has 3 unspecified atom stereocenters. The minimum Gasteiger partial charge on any atom is -0.494 e. The van der Waals surface area contributed by atoms with E-state index in [1.807, 2.05) is 12.4 Å². The smallest absolute Gasteiger partial charge is 0.163 e. The van der Waals surface area contributed by atoms with Gasteiger partial charge in [-0.25, -0.2) is 9.97 Å². The molecule has 2 aromatic heterocycles.